The number of hydrogen-bond donors (Lipinski definition) is 0. The molecule has 0 radical (unpaired) electrons. The average molecular weight is 491 g/mol. The third-order valence-corrected chi connectivity index (χ3v) is 6.58. The molecule has 4 aromatic rings. The van der Waals surface area contributed by atoms with Crippen LogP contribution < -0.4 is 4.74 Å². The molecule has 3 aromatic carbocycles. The minimum Gasteiger partial charge on any atom is -0.481 e. The van der Waals surface area contributed by atoms with Crippen molar-refractivity contribution in [1.82, 2.24) is 14.8 Å². The molecule has 1 aromatic heterocycles. The summed E-state index contributed by atoms with van der Waals surface area (Å²) in [4.78, 5) is 0. The van der Waals surface area contributed by atoms with E-state index in [1.165, 1.54) is 0 Å². The molecule has 0 bridgehead atoms. The molecule has 31 heavy (non-hydrogen) atoms. The third kappa shape index (κ3) is 5.18. The summed E-state index contributed by atoms with van der Waals surface area (Å²) in [6, 6.07) is 22.9. The zero-order valence-electron chi connectivity index (χ0n) is 16.5. The highest BCUT2D eigenvalue weighted by Gasteiger charge is 2.21. The first kappa shape index (κ1) is 22.0. The Hall–Kier alpha value is -2.18. The molecule has 4 nitrogen and oxygen atoms in total. The van der Waals surface area contributed by atoms with E-state index in [0.717, 1.165) is 16.4 Å². The lowest BCUT2D eigenvalue weighted by Crippen LogP contribution is -2.11. The number of halogens is 3. The summed E-state index contributed by atoms with van der Waals surface area (Å²) in [7, 11) is 0. The predicted molar refractivity (Wildman–Crippen MR) is 128 cm³/mol. The lowest BCUT2D eigenvalue weighted by Gasteiger charge is -2.17. The van der Waals surface area contributed by atoms with E-state index in [1.807, 2.05) is 72.2 Å². The minimum atomic E-state index is -0.369. The minimum absolute atomic E-state index is 0.369. The SMILES string of the molecule is CC(Oc1ccccc1Cl)c1nnc(SCc2ccc(Cl)c(Cl)c2)n1-c1ccccc1. The number of thioether (sulfide) groups is 1. The van der Waals surface area contributed by atoms with Gasteiger partial charge in [-0.1, -0.05) is 83.0 Å². The largest absolute Gasteiger partial charge is 0.481 e. The quantitative estimate of drug-likeness (QED) is 0.249. The lowest BCUT2D eigenvalue weighted by atomic mass is 10.2. The van der Waals surface area contributed by atoms with Gasteiger partial charge in [0.1, 0.15) is 5.75 Å². The topological polar surface area (TPSA) is 39.9 Å². The van der Waals surface area contributed by atoms with Crippen LogP contribution in [0, 0.1) is 0 Å². The molecule has 0 saturated heterocycles. The van der Waals surface area contributed by atoms with Crippen LogP contribution in [0.5, 0.6) is 5.75 Å². The summed E-state index contributed by atoms with van der Waals surface area (Å²) in [5.41, 5.74) is 2.00. The van der Waals surface area contributed by atoms with Gasteiger partial charge in [0.05, 0.1) is 15.1 Å². The van der Waals surface area contributed by atoms with Crippen LogP contribution in [0.3, 0.4) is 0 Å². The fourth-order valence-corrected chi connectivity index (χ4v) is 4.42. The lowest BCUT2D eigenvalue weighted by molar-refractivity contribution is 0.213. The molecule has 0 saturated carbocycles. The Balaban J connectivity index is 1.64. The zero-order chi connectivity index (χ0) is 21.8. The molecule has 1 atom stereocenters. The van der Waals surface area contributed by atoms with Gasteiger partial charge in [0.25, 0.3) is 0 Å². The van der Waals surface area contributed by atoms with Crippen molar-refractivity contribution in [3.8, 4) is 11.4 Å². The van der Waals surface area contributed by atoms with Gasteiger partial charge < -0.3 is 4.74 Å². The molecule has 0 fully saturated rings. The van der Waals surface area contributed by atoms with Gasteiger partial charge >= 0.3 is 0 Å². The van der Waals surface area contributed by atoms with Crippen molar-refractivity contribution in [2.75, 3.05) is 0 Å². The number of ether oxygens (including phenoxy) is 1. The fraction of sp³-hybridized carbons (Fsp3) is 0.130. The van der Waals surface area contributed by atoms with Gasteiger partial charge in [-0.05, 0) is 48.9 Å². The van der Waals surface area contributed by atoms with Gasteiger partial charge in [-0.2, -0.15) is 0 Å². The number of para-hydroxylation sites is 2. The van der Waals surface area contributed by atoms with Crippen LogP contribution >= 0.6 is 46.6 Å². The molecule has 1 unspecified atom stereocenters. The van der Waals surface area contributed by atoms with Crippen molar-refractivity contribution < 1.29 is 4.74 Å². The summed E-state index contributed by atoms with van der Waals surface area (Å²) in [5, 5.41) is 11.2. The fourth-order valence-electron chi connectivity index (χ4n) is 3.02. The van der Waals surface area contributed by atoms with Gasteiger partial charge in [0.2, 0.25) is 0 Å². The van der Waals surface area contributed by atoms with Crippen LogP contribution in [0.25, 0.3) is 5.69 Å². The van der Waals surface area contributed by atoms with Crippen LogP contribution in [0.4, 0.5) is 0 Å². The normalized spacial score (nSPS) is 12.0. The van der Waals surface area contributed by atoms with E-state index in [0.29, 0.717) is 32.4 Å². The van der Waals surface area contributed by atoms with Crippen molar-refractivity contribution in [3.63, 3.8) is 0 Å². The maximum atomic E-state index is 6.27. The first-order valence-corrected chi connectivity index (χ1v) is 11.6. The predicted octanol–water partition coefficient (Wildman–Crippen LogP) is 7.66. The number of rotatable bonds is 7. The van der Waals surface area contributed by atoms with Crippen LogP contribution in [0.2, 0.25) is 15.1 Å². The molecule has 0 amide bonds. The molecule has 4 rings (SSSR count). The van der Waals surface area contributed by atoms with Crippen molar-refractivity contribution in [2.45, 2.75) is 23.9 Å². The van der Waals surface area contributed by atoms with Crippen molar-refractivity contribution >= 4 is 46.6 Å². The van der Waals surface area contributed by atoms with Gasteiger partial charge in [-0.25, -0.2) is 0 Å². The molecule has 0 aliphatic carbocycles. The van der Waals surface area contributed by atoms with E-state index in [1.54, 1.807) is 23.9 Å². The maximum Gasteiger partial charge on any atom is 0.196 e. The van der Waals surface area contributed by atoms with Gasteiger partial charge in [0.15, 0.2) is 17.1 Å². The smallest absolute Gasteiger partial charge is 0.196 e. The number of hydrogen-bond acceptors (Lipinski definition) is 4. The number of nitrogens with zero attached hydrogens (tertiary/aromatic N) is 3. The van der Waals surface area contributed by atoms with E-state index in [9.17, 15) is 0 Å². The highest BCUT2D eigenvalue weighted by atomic mass is 35.5. The average Bonchev–Trinajstić information content (AvgIpc) is 3.21. The van der Waals surface area contributed by atoms with Gasteiger partial charge in [0, 0.05) is 11.4 Å². The van der Waals surface area contributed by atoms with Crippen LogP contribution in [-0.4, -0.2) is 14.8 Å². The van der Waals surface area contributed by atoms with Crippen LogP contribution in [0.1, 0.15) is 24.4 Å². The van der Waals surface area contributed by atoms with Gasteiger partial charge in [-0.3, -0.25) is 4.57 Å². The Bertz CT molecular complexity index is 1180. The second kappa shape index (κ2) is 9.96. The molecule has 1 heterocycles. The summed E-state index contributed by atoms with van der Waals surface area (Å²) in [6.45, 7) is 1.93. The Morgan fingerprint density at radius 1 is 0.871 bits per heavy atom. The van der Waals surface area contributed by atoms with E-state index >= 15 is 0 Å². The second-order valence-electron chi connectivity index (χ2n) is 6.74. The molecule has 0 spiro atoms. The molecule has 0 aliphatic rings. The summed E-state index contributed by atoms with van der Waals surface area (Å²) >= 11 is 20.0. The summed E-state index contributed by atoms with van der Waals surface area (Å²) < 4.78 is 8.11. The number of benzene rings is 3. The van der Waals surface area contributed by atoms with Gasteiger partial charge in [-0.15, -0.1) is 10.2 Å². The van der Waals surface area contributed by atoms with Crippen molar-refractivity contribution in [1.29, 1.82) is 0 Å². The first-order chi connectivity index (χ1) is 15.0. The molecular weight excluding hydrogens is 473 g/mol. The number of aromatic nitrogens is 3. The maximum absolute atomic E-state index is 6.27. The zero-order valence-corrected chi connectivity index (χ0v) is 19.6. The molecule has 8 heteroatoms. The Morgan fingerprint density at radius 3 is 2.35 bits per heavy atom. The Labute approximate surface area is 200 Å². The molecule has 0 aliphatic heterocycles. The first-order valence-electron chi connectivity index (χ1n) is 9.51. The second-order valence-corrected chi connectivity index (χ2v) is 8.90. The highest BCUT2D eigenvalue weighted by Crippen LogP contribution is 2.32. The van der Waals surface area contributed by atoms with E-state index in [-0.39, 0.29) is 6.10 Å². The summed E-state index contributed by atoms with van der Waals surface area (Å²) in [5.74, 6) is 1.95. The highest BCUT2D eigenvalue weighted by molar-refractivity contribution is 7.98. The Kier molecular flexibility index (Phi) is 7.08. The monoisotopic (exact) mass is 489 g/mol. The van der Waals surface area contributed by atoms with Crippen molar-refractivity contribution in [2.24, 2.45) is 0 Å². The summed E-state index contributed by atoms with van der Waals surface area (Å²) in [6.07, 6.45) is -0.369. The standard InChI is InChI=1S/C23H18Cl3N3OS/c1-15(30-21-10-6-5-9-19(21)25)22-27-28-23(29(22)17-7-3-2-4-8-17)31-14-16-11-12-18(24)20(26)13-16/h2-13,15H,14H2,1H3. The van der Waals surface area contributed by atoms with E-state index < -0.39 is 0 Å². The molecule has 0 N–H and O–H groups in total. The van der Waals surface area contributed by atoms with Crippen LogP contribution in [-0.2, 0) is 5.75 Å². The van der Waals surface area contributed by atoms with Crippen molar-refractivity contribution in [3.05, 3.63) is 99.3 Å². The Morgan fingerprint density at radius 2 is 1.61 bits per heavy atom. The van der Waals surface area contributed by atoms with Crippen LogP contribution in [0.15, 0.2) is 78.0 Å². The third-order valence-electron chi connectivity index (χ3n) is 4.53. The molecule has 158 valence electrons. The van der Waals surface area contributed by atoms with E-state index in [4.69, 9.17) is 39.5 Å². The van der Waals surface area contributed by atoms with E-state index in [2.05, 4.69) is 10.2 Å². The molecular formula is C23H18Cl3N3OS.